The van der Waals surface area contributed by atoms with E-state index in [4.69, 9.17) is 9.47 Å². The molecule has 3 aliphatic rings. The highest BCUT2D eigenvalue weighted by molar-refractivity contribution is 5.95. The predicted octanol–water partition coefficient (Wildman–Crippen LogP) is -0.511. The van der Waals surface area contributed by atoms with Crippen LogP contribution in [0.4, 0.5) is 0 Å². The van der Waals surface area contributed by atoms with E-state index in [1.54, 1.807) is 6.92 Å². The first-order valence-corrected chi connectivity index (χ1v) is 7.23. The summed E-state index contributed by atoms with van der Waals surface area (Å²) in [5.74, 6) is -2.41. The molecule has 2 bridgehead atoms. The molecule has 0 aromatic rings. The highest BCUT2D eigenvalue weighted by atomic mass is 16.7. The quantitative estimate of drug-likeness (QED) is 0.482. The SMILES string of the molecule is C[C@]1(O)C[C@@H](O)C2=C(CO)C(=O)O/C2=C/[C@]2(C)CC[C@@]1(O)O2. The van der Waals surface area contributed by atoms with Crippen molar-refractivity contribution in [3.05, 3.63) is 23.0 Å². The van der Waals surface area contributed by atoms with Crippen LogP contribution in [0, 0.1) is 0 Å². The summed E-state index contributed by atoms with van der Waals surface area (Å²) >= 11 is 0. The van der Waals surface area contributed by atoms with Crippen molar-refractivity contribution >= 4 is 5.97 Å². The Labute approximate surface area is 127 Å². The summed E-state index contributed by atoms with van der Waals surface area (Å²) < 4.78 is 10.8. The fraction of sp³-hybridized carbons (Fsp3) is 0.667. The third kappa shape index (κ3) is 2.12. The number of carbonyl (C=O) groups is 1. The van der Waals surface area contributed by atoms with Crippen LogP contribution in [0.3, 0.4) is 0 Å². The molecular weight excluding hydrogens is 292 g/mol. The molecule has 0 aromatic heterocycles. The van der Waals surface area contributed by atoms with E-state index in [9.17, 15) is 25.2 Å². The number of carbonyl (C=O) groups excluding carboxylic acids is 1. The molecule has 1 saturated heterocycles. The molecule has 3 rings (SSSR count). The van der Waals surface area contributed by atoms with Crippen LogP contribution >= 0.6 is 0 Å². The fourth-order valence-corrected chi connectivity index (χ4v) is 3.40. The van der Waals surface area contributed by atoms with E-state index in [1.807, 2.05) is 0 Å². The Hall–Kier alpha value is -1.25. The van der Waals surface area contributed by atoms with Gasteiger partial charge >= 0.3 is 5.97 Å². The average Bonchev–Trinajstić information content (AvgIpc) is 2.87. The van der Waals surface area contributed by atoms with Crippen LogP contribution in [-0.2, 0) is 14.3 Å². The summed E-state index contributed by atoms with van der Waals surface area (Å²) in [5, 5.41) is 41.0. The van der Waals surface area contributed by atoms with Gasteiger partial charge in [-0.3, -0.25) is 0 Å². The lowest BCUT2D eigenvalue weighted by atomic mass is 9.83. The molecule has 3 heterocycles. The maximum atomic E-state index is 11.8. The molecule has 0 radical (unpaired) electrons. The Balaban J connectivity index is 2.17. The van der Waals surface area contributed by atoms with Gasteiger partial charge in [0.15, 0.2) is 5.79 Å². The summed E-state index contributed by atoms with van der Waals surface area (Å²) in [6.07, 6.45) is 0.592. The zero-order valence-electron chi connectivity index (χ0n) is 12.5. The van der Waals surface area contributed by atoms with Crippen LogP contribution in [0.25, 0.3) is 0 Å². The van der Waals surface area contributed by atoms with Gasteiger partial charge in [-0.15, -0.1) is 0 Å². The van der Waals surface area contributed by atoms with Gasteiger partial charge in [-0.2, -0.15) is 0 Å². The first-order valence-electron chi connectivity index (χ1n) is 7.23. The maximum Gasteiger partial charge on any atom is 0.342 e. The Bertz CT molecular complexity index is 591. The molecule has 0 unspecified atom stereocenters. The summed E-state index contributed by atoms with van der Waals surface area (Å²) in [5.41, 5.74) is -2.57. The Morgan fingerprint density at radius 1 is 1.32 bits per heavy atom. The van der Waals surface area contributed by atoms with Crippen molar-refractivity contribution in [1.82, 2.24) is 0 Å². The van der Waals surface area contributed by atoms with Crippen molar-refractivity contribution in [2.24, 2.45) is 0 Å². The number of esters is 1. The number of fused-ring (bicyclic) bond motifs is 3. The van der Waals surface area contributed by atoms with Crippen molar-refractivity contribution in [1.29, 1.82) is 0 Å². The zero-order valence-corrected chi connectivity index (χ0v) is 12.5. The normalized spacial score (nSPS) is 47.3. The van der Waals surface area contributed by atoms with Crippen LogP contribution in [-0.4, -0.2) is 56.1 Å². The number of ether oxygens (including phenoxy) is 2. The Kier molecular flexibility index (Phi) is 3.29. The molecule has 1 fully saturated rings. The standard InChI is InChI=1S/C15H20O7/c1-13-3-4-15(20,22-13)14(2,19)5-9(17)11-8(7-16)12(18)21-10(11)6-13/h6,9,16-17,19-20H,3-5,7H2,1-2H3/b10-6+/t9-,13+,14+,15-/m1/s1. The Morgan fingerprint density at radius 2 is 2.00 bits per heavy atom. The van der Waals surface area contributed by atoms with Crippen LogP contribution in [0.15, 0.2) is 23.0 Å². The van der Waals surface area contributed by atoms with Crippen LogP contribution < -0.4 is 0 Å². The van der Waals surface area contributed by atoms with Crippen LogP contribution in [0.2, 0.25) is 0 Å². The number of hydrogen-bond acceptors (Lipinski definition) is 7. The van der Waals surface area contributed by atoms with Crippen molar-refractivity contribution in [2.45, 2.75) is 56.2 Å². The van der Waals surface area contributed by atoms with Gasteiger partial charge in [0.05, 0.1) is 23.9 Å². The lowest BCUT2D eigenvalue weighted by molar-refractivity contribution is -0.297. The van der Waals surface area contributed by atoms with Crippen LogP contribution in [0.5, 0.6) is 0 Å². The lowest BCUT2D eigenvalue weighted by Gasteiger charge is -2.39. The molecular formula is C15H20O7. The molecule has 0 spiro atoms. The second-order valence-corrected chi connectivity index (χ2v) is 6.64. The molecule has 0 aromatic carbocycles. The topological polar surface area (TPSA) is 116 Å². The summed E-state index contributed by atoms with van der Waals surface area (Å²) in [6, 6.07) is 0. The maximum absolute atomic E-state index is 11.8. The van der Waals surface area contributed by atoms with Gasteiger partial charge < -0.3 is 29.9 Å². The van der Waals surface area contributed by atoms with Gasteiger partial charge in [0.25, 0.3) is 0 Å². The molecule has 7 heteroatoms. The Morgan fingerprint density at radius 3 is 2.64 bits per heavy atom. The second kappa shape index (κ2) is 4.62. The van der Waals surface area contributed by atoms with Crippen molar-refractivity contribution in [2.75, 3.05) is 6.61 Å². The van der Waals surface area contributed by atoms with E-state index < -0.39 is 35.7 Å². The fourth-order valence-electron chi connectivity index (χ4n) is 3.40. The highest BCUT2D eigenvalue weighted by Gasteiger charge is 2.57. The molecule has 4 atom stereocenters. The van der Waals surface area contributed by atoms with E-state index in [1.165, 1.54) is 13.0 Å². The van der Waals surface area contributed by atoms with Crippen molar-refractivity contribution < 1.29 is 34.7 Å². The van der Waals surface area contributed by atoms with Crippen molar-refractivity contribution in [3.63, 3.8) is 0 Å². The largest absolute Gasteiger partial charge is 0.423 e. The van der Waals surface area contributed by atoms with Gasteiger partial charge in [-0.25, -0.2) is 4.79 Å². The summed E-state index contributed by atoms with van der Waals surface area (Å²) in [7, 11) is 0. The van der Waals surface area contributed by atoms with Gasteiger partial charge in [-0.1, -0.05) is 0 Å². The van der Waals surface area contributed by atoms with Gasteiger partial charge in [0.2, 0.25) is 0 Å². The average molecular weight is 312 g/mol. The first kappa shape index (κ1) is 15.6. The summed E-state index contributed by atoms with van der Waals surface area (Å²) in [6.45, 7) is 2.50. The predicted molar refractivity (Wildman–Crippen MR) is 73.2 cm³/mol. The summed E-state index contributed by atoms with van der Waals surface area (Å²) in [4.78, 5) is 11.8. The lowest BCUT2D eigenvalue weighted by Crippen LogP contribution is -2.54. The monoisotopic (exact) mass is 312 g/mol. The van der Waals surface area contributed by atoms with Crippen LogP contribution in [0.1, 0.15) is 33.1 Å². The van der Waals surface area contributed by atoms with Crippen molar-refractivity contribution in [3.8, 4) is 0 Å². The smallest absolute Gasteiger partial charge is 0.342 e. The molecule has 0 saturated carbocycles. The van der Waals surface area contributed by atoms with E-state index in [0.29, 0.717) is 6.42 Å². The second-order valence-electron chi connectivity index (χ2n) is 6.64. The molecule has 0 aliphatic carbocycles. The van der Waals surface area contributed by atoms with E-state index >= 15 is 0 Å². The number of aliphatic hydroxyl groups excluding tert-OH is 2. The van der Waals surface area contributed by atoms with Gasteiger partial charge in [-0.05, 0) is 26.3 Å². The molecule has 3 aliphatic heterocycles. The number of rotatable bonds is 1. The minimum absolute atomic E-state index is 0.0390. The molecule has 0 amide bonds. The van der Waals surface area contributed by atoms with E-state index in [0.717, 1.165) is 0 Å². The minimum Gasteiger partial charge on any atom is -0.423 e. The molecule has 4 N–H and O–H groups in total. The van der Waals surface area contributed by atoms with E-state index in [-0.39, 0.29) is 29.7 Å². The molecule has 7 nitrogen and oxygen atoms in total. The zero-order chi connectivity index (χ0) is 16.3. The molecule has 22 heavy (non-hydrogen) atoms. The molecule has 122 valence electrons. The van der Waals surface area contributed by atoms with Gasteiger partial charge in [0, 0.05) is 18.4 Å². The van der Waals surface area contributed by atoms with E-state index in [2.05, 4.69) is 0 Å². The number of hydrogen-bond donors (Lipinski definition) is 4. The first-order chi connectivity index (χ1) is 10.1. The third-order valence-corrected chi connectivity index (χ3v) is 4.76. The highest BCUT2D eigenvalue weighted by Crippen LogP contribution is 2.48. The minimum atomic E-state index is -1.80. The number of aliphatic hydroxyl groups is 4. The third-order valence-electron chi connectivity index (χ3n) is 4.76. The van der Waals surface area contributed by atoms with Gasteiger partial charge in [0.1, 0.15) is 11.4 Å².